The first-order chi connectivity index (χ1) is 13.5. The van der Waals surface area contributed by atoms with E-state index in [1.807, 2.05) is 18.2 Å². The van der Waals surface area contributed by atoms with E-state index in [1.54, 1.807) is 18.2 Å². The molecule has 8 heteroatoms. The van der Waals surface area contributed by atoms with Crippen molar-refractivity contribution in [2.45, 2.75) is 23.2 Å². The van der Waals surface area contributed by atoms with Crippen molar-refractivity contribution in [2.75, 3.05) is 5.32 Å². The predicted molar refractivity (Wildman–Crippen MR) is 107 cm³/mol. The number of anilines is 1. The molecule has 0 saturated heterocycles. The van der Waals surface area contributed by atoms with E-state index in [-0.39, 0.29) is 29.5 Å². The van der Waals surface area contributed by atoms with E-state index >= 15 is 0 Å². The Hall–Kier alpha value is -2.64. The SMILES string of the molecule is O=C1CC(c2ccc(F)cc2)c2c(nc(SCc3cccc(Cl)c3)[nH]c2=O)N1. The van der Waals surface area contributed by atoms with E-state index in [2.05, 4.69) is 15.3 Å². The molecule has 1 unspecified atom stereocenters. The molecule has 142 valence electrons. The summed E-state index contributed by atoms with van der Waals surface area (Å²) in [6.07, 6.45) is 0.110. The first kappa shape index (κ1) is 18.7. The van der Waals surface area contributed by atoms with Crippen molar-refractivity contribution in [1.82, 2.24) is 9.97 Å². The minimum Gasteiger partial charge on any atom is -0.310 e. The maximum absolute atomic E-state index is 13.2. The fourth-order valence-electron chi connectivity index (χ4n) is 3.18. The maximum atomic E-state index is 13.2. The molecular formula is C20H15ClFN3O2S. The number of carbonyl (C=O) groups excluding carboxylic acids is 1. The summed E-state index contributed by atoms with van der Waals surface area (Å²) in [5.41, 5.74) is 1.77. The number of hydrogen-bond donors (Lipinski definition) is 2. The Balaban J connectivity index is 1.65. The smallest absolute Gasteiger partial charge is 0.257 e. The van der Waals surface area contributed by atoms with E-state index < -0.39 is 5.92 Å². The van der Waals surface area contributed by atoms with Crippen molar-refractivity contribution >= 4 is 35.1 Å². The molecule has 2 aromatic carbocycles. The van der Waals surface area contributed by atoms with Gasteiger partial charge in [0, 0.05) is 23.1 Å². The lowest BCUT2D eigenvalue weighted by Gasteiger charge is -2.24. The summed E-state index contributed by atoms with van der Waals surface area (Å²) in [6.45, 7) is 0. The molecule has 0 aliphatic carbocycles. The Labute approximate surface area is 169 Å². The lowest BCUT2D eigenvalue weighted by molar-refractivity contribution is -0.116. The Morgan fingerprint density at radius 3 is 2.71 bits per heavy atom. The average Bonchev–Trinajstić information content (AvgIpc) is 2.66. The number of H-pyrrole nitrogens is 1. The van der Waals surface area contributed by atoms with Crippen molar-refractivity contribution < 1.29 is 9.18 Å². The summed E-state index contributed by atoms with van der Waals surface area (Å²) in [4.78, 5) is 32.1. The van der Waals surface area contributed by atoms with Gasteiger partial charge in [0.2, 0.25) is 5.91 Å². The van der Waals surface area contributed by atoms with Gasteiger partial charge in [-0.05, 0) is 35.4 Å². The van der Waals surface area contributed by atoms with Gasteiger partial charge in [-0.25, -0.2) is 9.37 Å². The van der Waals surface area contributed by atoms with Crippen LogP contribution in [-0.2, 0) is 10.5 Å². The highest BCUT2D eigenvalue weighted by Crippen LogP contribution is 2.34. The molecule has 2 heterocycles. The number of aromatic nitrogens is 2. The molecule has 1 aromatic heterocycles. The van der Waals surface area contributed by atoms with Gasteiger partial charge in [0.1, 0.15) is 11.6 Å². The van der Waals surface area contributed by atoms with Crippen molar-refractivity contribution in [1.29, 1.82) is 0 Å². The molecule has 2 N–H and O–H groups in total. The number of rotatable bonds is 4. The molecule has 3 aromatic rings. The molecule has 28 heavy (non-hydrogen) atoms. The lowest BCUT2D eigenvalue weighted by atomic mass is 9.87. The van der Waals surface area contributed by atoms with Gasteiger partial charge in [0.05, 0.1) is 5.56 Å². The monoisotopic (exact) mass is 415 g/mol. The number of thioether (sulfide) groups is 1. The van der Waals surface area contributed by atoms with Gasteiger partial charge in [-0.15, -0.1) is 0 Å². The molecule has 1 aliphatic rings. The summed E-state index contributed by atoms with van der Waals surface area (Å²) in [6, 6.07) is 13.2. The van der Waals surface area contributed by atoms with Crippen LogP contribution in [0.4, 0.5) is 10.2 Å². The molecular weight excluding hydrogens is 401 g/mol. The summed E-state index contributed by atoms with van der Waals surface area (Å²) in [5, 5.41) is 3.73. The molecule has 5 nitrogen and oxygen atoms in total. The maximum Gasteiger partial charge on any atom is 0.257 e. The van der Waals surface area contributed by atoms with E-state index in [0.717, 1.165) is 5.56 Å². The lowest BCUT2D eigenvalue weighted by Crippen LogP contribution is -2.31. The van der Waals surface area contributed by atoms with E-state index in [4.69, 9.17) is 11.6 Å². The summed E-state index contributed by atoms with van der Waals surface area (Å²) < 4.78 is 13.2. The average molecular weight is 416 g/mol. The van der Waals surface area contributed by atoms with Crippen LogP contribution in [0.5, 0.6) is 0 Å². The van der Waals surface area contributed by atoms with Gasteiger partial charge in [-0.3, -0.25) is 9.59 Å². The van der Waals surface area contributed by atoms with Crippen LogP contribution in [0.2, 0.25) is 5.02 Å². The third kappa shape index (κ3) is 3.95. The molecule has 0 bridgehead atoms. The third-order valence-electron chi connectivity index (χ3n) is 4.47. The van der Waals surface area contributed by atoms with Crippen LogP contribution < -0.4 is 10.9 Å². The molecule has 0 radical (unpaired) electrons. The van der Waals surface area contributed by atoms with Crippen molar-refractivity contribution in [3.8, 4) is 0 Å². The van der Waals surface area contributed by atoms with Gasteiger partial charge in [0.15, 0.2) is 5.16 Å². The minimum atomic E-state index is -0.465. The largest absolute Gasteiger partial charge is 0.310 e. The Morgan fingerprint density at radius 2 is 1.96 bits per heavy atom. The number of benzene rings is 2. The normalized spacial score (nSPS) is 15.8. The second kappa shape index (κ2) is 7.77. The molecule has 0 spiro atoms. The zero-order valence-electron chi connectivity index (χ0n) is 14.5. The van der Waals surface area contributed by atoms with E-state index in [1.165, 1.54) is 23.9 Å². The highest BCUT2D eigenvalue weighted by Gasteiger charge is 2.30. The van der Waals surface area contributed by atoms with Gasteiger partial charge in [-0.2, -0.15) is 0 Å². The van der Waals surface area contributed by atoms with Crippen LogP contribution in [-0.4, -0.2) is 15.9 Å². The molecule has 1 atom stereocenters. The molecule has 1 aliphatic heterocycles. The van der Waals surface area contributed by atoms with Crippen LogP contribution in [0.3, 0.4) is 0 Å². The van der Waals surface area contributed by atoms with Gasteiger partial charge in [-0.1, -0.05) is 47.6 Å². The highest BCUT2D eigenvalue weighted by atomic mass is 35.5. The fraction of sp³-hybridized carbons (Fsp3) is 0.150. The van der Waals surface area contributed by atoms with Crippen LogP contribution in [0.25, 0.3) is 0 Å². The van der Waals surface area contributed by atoms with Gasteiger partial charge >= 0.3 is 0 Å². The molecule has 0 saturated carbocycles. The van der Waals surface area contributed by atoms with Gasteiger partial charge in [0.25, 0.3) is 5.56 Å². The first-order valence-electron chi connectivity index (χ1n) is 8.56. The van der Waals surface area contributed by atoms with Gasteiger partial charge < -0.3 is 10.3 Å². The number of halogens is 2. The molecule has 1 amide bonds. The number of hydrogen-bond acceptors (Lipinski definition) is 4. The van der Waals surface area contributed by atoms with E-state index in [9.17, 15) is 14.0 Å². The number of fused-ring (bicyclic) bond motifs is 1. The number of amides is 1. The topological polar surface area (TPSA) is 74.8 Å². The zero-order chi connectivity index (χ0) is 19.7. The third-order valence-corrected chi connectivity index (χ3v) is 5.65. The minimum absolute atomic E-state index is 0.110. The fourth-order valence-corrected chi connectivity index (χ4v) is 4.19. The van der Waals surface area contributed by atoms with Crippen LogP contribution in [0, 0.1) is 5.82 Å². The standard InChI is InChI=1S/C20H15ClFN3O2S/c21-13-3-1-2-11(8-13)10-28-20-24-18-17(19(27)25-20)15(9-16(26)23-18)12-4-6-14(22)7-5-12/h1-8,15H,9-10H2,(H2,23,24,25,26,27). The second-order valence-electron chi connectivity index (χ2n) is 6.41. The Bertz CT molecular complexity index is 1100. The van der Waals surface area contributed by atoms with Crippen LogP contribution in [0.15, 0.2) is 58.5 Å². The summed E-state index contributed by atoms with van der Waals surface area (Å²) >= 11 is 7.34. The zero-order valence-corrected chi connectivity index (χ0v) is 16.1. The van der Waals surface area contributed by atoms with E-state index in [0.29, 0.717) is 27.1 Å². The Kier molecular flexibility index (Phi) is 5.19. The number of carbonyl (C=O) groups is 1. The first-order valence-corrected chi connectivity index (χ1v) is 9.93. The van der Waals surface area contributed by atoms with Crippen LogP contribution >= 0.6 is 23.4 Å². The summed E-state index contributed by atoms with van der Waals surface area (Å²) in [5.74, 6) is -0.247. The Morgan fingerprint density at radius 1 is 1.18 bits per heavy atom. The predicted octanol–water partition coefficient (Wildman–Crippen LogP) is 4.33. The van der Waals surface area contributed by atoms with Crippen molar-refractivity contribution in [3.05, 3.63) is 86.4 Å². The molecule has 0 fully saturated rings. The highest BCUT2D eigenvalue weighted by molar-refractivity contribution is 7.98. The van der Waals surface area contributed by atoms with Crippen molar-refractivity contribution in [3.63, 3.8) is 0 Å². The number of nitrogens with zero attached hydrogens (tertiary/aromatic N) is 1. The van der Waals surface area contributed by atoms with Crippen LogP contribution in [0.1, 0.15) is 29.0 Å². The number of nitrogens with one attached hydrogen (secondary N) is 2. The number of aromatic amines is 1. The summed E-state index contributed by atoms with van der Waals surface area (Å²) in [7, 11) is 0. The second-order valence-corrected chi connectivity index (χ2v) is 7.81. The van der Waals surface area contributed by atoms with Crippen molar-refractivity contribution in [2.24, 2.45) is 0 Å². The molecule has 4 rings (SSSR count). The quantitative estimate of drug-likeness (QED) is 0.491.